The molecular weight excluding hydrogens is 551 g/mol. The third-order valence-electron chi connectivity index (χ3n) is 7.97. The van der Waals surface area contributed by atoms with Crippen molar-refractivity contribution in [2.24, 2.45) is 0 Å². The lowest BCUT2D eigenvalue weighted by molar-refractivity contribution is 1.28. The molecule has 0 amide bonds. The van der Waals surface area contributed by atoms with Crippen molar-refractivity contribution in [3.8, 4) is 33.4 Å². The Balaban J connectivity index is 1.28. The molecular formula is C42H29NS. The number of thiophene rings is 1. The molecule has 0 radical (unpaired) electrons. The van der Waals surface area contributed by atoms with E-state index >= 15 is 0 Å². The highest BCUT2D eigenvalue weighted by molar-refractivity contribution is 7.25. The van der Waals surface area contributed by atoms with E-state index in [9.17, 15) is 5.48 Å². The molecule has 8 rings (SSSR count). The molecule has 0 saturated carbocycles. The molecule has 1 nitrogen and oxygen atoms in total. The molecule has 0 saturated heterocycles. The fraction of sp³-hybridized carbons (Fsp3) is 0. The summed E-state index contributed by atoms with van der Waals surface area (Å²) >= 11 is 1.71. The van der Waals surface area contributed by atoms with Gasteiger partial charge in [0.05, 0.1) is 5.48 Å². The molecule has 2 heteroatoms. The number of benzene rings is 7. The standard InChI is InChI=1S/C42H29NS/c1-3-9-30(10-4-1)32-15-22-36(23-16-32)43(37-24-17-33(18-25-37)31-11-5-2-6-12-31)38-26-19-34(20-27-38)35-21-28-42-40(29-35)39-13-7-8-14-41(39)44-42/h1-29H/i19D,20D,26D,27D. The van der Waals surface area contributed by atoms with Crippen LogP contribution in [0.25, 0.3) is 53.6 Å². The monoisotopic (exact) mass is 583 g/mol. The number of anilines is 3. The van der Waals surface area contributed by atoms with E-state index in [1.807, 2.05) is 120 Å². The third-order valence-corrected chi connectivity index (χ3v) is 9.12. The highest BCUT2D eigenvalue weighted by Crippen LogP contribution is 2.39. The van der Waals surface area contributed by atoms with Crippen molar-refractivity contribution in [3.63, 3.8) is 0 Å². The largest absolute Gasteiger partial charge is 0.311 e. The van der Waals surface area contributed by atoms with Crippen LogP contribution in [0.5, 0.6) is 0 Å². The Labute approximate surface area is 267 Å². The van der Waals surface area contributed by atoms with Crippen LogP contribution in [0.1, 0.15) is 5.48 Å². The Bertz CT molecular complexity index is 2310. The van der Waals surface area contributed by atoms with Crippen LogP contribution < -0.4 is 4.90 Å². The molecule has 1 heterocycles. The summed E-state index contributed by atoms with van der Waals surface area (Å²) < 4.78 is 39.5. The zero-order valence-corrected chi connectivity index (χ0v) is 24.6. The molecule has 7 aromatic carbocycles. The first-order chi connectivity index (χ1) is 23.5. The van der Waals surface area contributed by atoms with Crippen molar-refractivity contribution >= 4 is 48.6 Å². The molecule has 0 aliphatic heterocycles. The minimum Gasteiger partial charge on any atom is -0.311 e. The van der Waals surface area contributed by atoms with E-state index in [2.05, 4.69) is 36.4 Å². The molecule has 0 atom stereocenters. The van der Waals surface area contributed by atoms with E-state index in [0.29, 0.717) is 11.1 Å². The highest BCUT2D eigenvalue weighted by Gasteiger charge is 2.14. The molecule has 0 aliphatic carbocycles. The van der Waals surface area contributed by atoms with Crippen LogP contribution in [0.4, 0.5) is 17.1 Å². The molecule has 0 unspecified atom stereocenters. The van der Waals surface area contributed by atoms with E-state index in [1.165, 1.54) is 4.70 Å². The Morgan fingerprint density at radius 2 is 0.841 bits per heavy atom. The first-order valence-corrected chi connectivity index (χ1v) is 15.4. The van der Waals surface area contributed by atoms with E-state index in [1.54, 1.807) is 11.3 Å². The molecule has 0 spiro atoms. The zero-order valence-electron chi connectivity index (χ0n) is 27.8. The van der Waals surface area contributed by atoms with Crippen molar-refractivity contribution in [1.82, 2.24) is 0 Å². The maximum Gasteiger partial charge on any atom is 0.0645 e. The van der Waals surface area contributed by atoms with Crippen LogP contribution in [0.2, 0.25) is 0 Å². The molecule has 208 valence electrons. The van der Waals surface area contributed by atoms with Crippen molar-refractivity contribution in [2.45, 2.75) is 0 Å². The Morgan fingerprint density at radius 3 is 1.43 bits per heavy atom. The number of hydrogen-bond donors (Lipinski definition) is 0. The summed E-state index contributed by atoms with van der Waals surface area (Å²) in [5.41, 5.74) is 6.92. The van der Waals surface area contributed by atoms with E-state index in [-0.39, 0.29) is 29.9 Å². The number of rotatable bonds is 6. The highest BCUT2D eigenvalue weighted by atomic mass is 32.1. The van der Waals surface area contributed by atoms with Gasteiger partial charge >= 0.3 is 0 Å². The van der Waals surface area contributed by atoms with Gasteiger partial charge in [0.2, 0.25) is 0 Å². The van der Waals surface area contributed by atoms with Crippen LogP contribution in [0, 0.1) is 0 Å². The lowest BCUT2D eigenvalue weighted by Crippen LogP contribution is -2.09. The summed E-state index contributed by atoms with van der Waals surface area (Å²) in [6.07, 6.45) is 0. The predicted molar refractivity (Wildman–Crippen MR) is 190 cm³/mol. The molecule has 44 heavy (non-hydrogen) atoms. The van der Waals surface area contributed by atoms with Gasteiger partial charge in [-0.1, -0.05) is 121 Å². The van der Waals surface area contributed by atoms with E-state index in [4.69, 9.17) is 0 Å². The number of hydrogen-bond acceptors (Lipinski definition) is 2. The normalized spacial score (nSPS) is 12.5. The van der Waals surface area contributed by atoms with Gasteiger partial charge in [-0.15, -0.1) is 11.3 Å². The quantitative estimate of drug-likeness (QED) is 0.188. The van der Waals surface area contributed by atoms with Gasteiger partial charge in [0.1, 0.15) is 0 Å². The summed E-state index contributed by atoms with van der Waals surface area (Å²) in [5, 5.41) is 2.17. The van der Waals surface area contributed by atoms with Crippen LogP contribution >= 0.6 is 11.3 Å². The molecule has 0 aliphatic rings. The summed E-state index contributed by atoms with van der Waals surface area (Å²) in [7, 11) is 0. The fourth-order valence-electron chi connectivity index (χ4n) is 5.72. The molecule has 8 aromatic rings. The first kappa shape index (κ1) is 22.1. The van der Waals surface area contributed by atoms with Gasteiger partial charge in [-0.05, 0) is 87.9 Å². The Morgan fingerprint density at radius 1 is 0.364 bits per heavy atom. The Kier molecular flexibility index (Phi) is 5.70. The third kappa shape index (κ3) is 4.96. The van der Waals surface area contributed by atoms with Crippen LogP contribution in [0.3, 0.4) is 0 Å². The van der Waals surface area contributed by atoms with Crippen LogP contribution in [-0.4, -0.2) is 0 Å². The van der Waals surface area contributed by atoms with Gasteiger partial charge in [-0.3, -0.25) is 0 Å². The molecule has 1 aromatic heterocycles. The summed E-state index contributed by atoms with van der Waals surface area (Å²) in [6, 6.07) is 50.1. The first-order valence-electron chi connectivity index (χ1n) is 16.6. The van der Waals surface area contributed by atoms with Crippen molar-refractivity contribution in [2.75, 3.05) is 4.90 Å². The predicted octanol–water partition coefficient (Wildman–Crippen LogP) is 12.5. The lowest BCUT2D eigenvalue weighted by atomic mass is 10.0. The number of fused-ring (bicyclic) bond motifs is 3. The van der Waals surface area contributed by atoms with Gasteiger partial charge in [-0.2, -0.15) is 0 Å². The molecule has 0 N–H and O–H groups in total. The van der Waals surface area contributed by atoms with Gasteiger partial charge < -0.3 is 4.90 Å². The minimum atomic E-state index is -0.0967. The van der Waals surface area contributed by atoms with Crippen LogP contribution in [-0.2, 0) is 0 Å². The minimum absolute atomic E-state index is 0.0725. The zero-order chi connectivity index (χ0) is 32.8. The second-order valence-electron chi connectivity index (χ2n) is 10.7. The van der Waals surface area contributed by atoms with Gasteiger partial charge in [0.25, 0.3) is 0 Å². The average Bonchev–Trinajstić information content (AvgIpc) is 3.52. The maximum absolute atomic E-state index is 9.34. The second-order valence-corrected chi connectivity index (χ2v) is 11.8. The van der Waals surface area contributed by atoms with Crippen molar-refractivity contribution in [1.29, 1.82) is 0 Å². The maximum atomic E-state index is 9.34. The van der Waals surface area contributed by atoms with E-state index < -0.39 is 0 Å². The topological polar surface area (TPSA) is 3.24 Å². The average molecular weight is 584 g/mol. The number of nitrogens with zero attached hydrogens (tertiary/aromatic N) is 1. The Hall–Kier alpha value is -5.44. The molecule has 0 bridgehead atoms. The fourth-order valence-corrected chi connectivity index (χ4v) is 6.80. The lowest BCUT2D eigenvalue weighted by Gasteiger charge is -2.26. The van der Waals surface area contributed by atoms with E-state index in [0.717, 1.165) is 49.1 Å². The summed E-state index contributed by atoms with van der Waals surface area (Å²) in [6.45, 7) is 0. The summed E-state index contributed by atoms with van der Waals surface area (Å²) in [5.74, 6) is 0. The second kappa shape index (κ2) is 11.3. The van der Waals surface area contributed by atoms with Crippen LogP contribution in [0.15, 0.2) is 176 Å². The smallest absolute Gasteiger partial charge is 0.0645 e. The van der Waals surface area contributed by atoms with Crippen molar-refractivity contribution < 1.29 is 5.48 Å². The molecule has 0 fully saturated rings. The van der Waals surface area contributed by atoms with Gasteiger partial charge in [0, 0.05) is 37.2 Å². The SMILES string of the molecule is [2H]c1c([2H])c(N(c2ccc(-c3ccccc3)cc2)c2ccc(-c3ccccc3)cc2)c([2H])c([2H])c1-c1ccc2sc3ccccc3c2c1. The van der Waals surface area contributed by atoms with Gasteiger partial charge in [0.15, 0.2) is 0 Å². The summed E-state index contributed by atoms with van der Waals surface area (Å²) in [4.78, 5) is 1.84. The van der Waals surface area contributed by atoms with Gasteiger partial charge in [-0.25, -0.2) is 0 Å². The van der Waals surface area contributed by atoms with Crippen molar-refractivity contribution in [3.05, 3.63) is 176 Å².